The number of likely N-dealkylation sites (N-methyl/N-ethyl adjacent to an activating group) is 1. The van der Waals surface area contributed by atoms with Crippen LogP contribution in [0.1, 0.15) is 23.2 Å². The first-order valence-electron chi connectivity index (χ1n) is 11.0. The summed E-state index contributed by atoms with van der Waals surface area (Å²) in [6.45, 7) is 2.75. The zero-order chi connectivity index (χ0) is 24.7. The molecule has 1 N–H and O–H groups in total. The van der Waals surface area contributed by atoms with Crippen LogP contribution in [0, 0.1) is 0 Å². The fraction of sp³-hybridized carbons (Fsp3) is 0.417. The van der Waals surface area contributed by atoms with Gasteiger partial charge in [0.25, 0.3) is 11.8 Å². The maximum Gasteiger partial charge on any atom is 0.259 e. The summed E-state index contributed by atoms with van der Waals surface area (Å²) in [5.74, 6) is 0.508. The molecule has 0 radical (unpaired) electrons. The predicted molar refractivity (Wildman–Crippen MR) is 135 cm³/mol. The summed E-state index contributed by atoms with van der Waals surface area (Å²) in [5.41, 5.74) is 0.338. The lowest BCUT2D eigenvalue weighted by atomic mass is 10.1. The van der Waals surface area contributed by atoms with Gasteiger partial charge in [0.15, 0.2) is 6.61 Å². The molecule has 1 heterocycles. The number of ether oxygens (including phenoxy) is 2. The number of carbonyl (C=O) groups is 2. The second-order valence-electron chi connectivity index (χ2n) is 8.21. The molecule has 0 spiro atoms. The van der Waals surface area contributed by atoms with Crippen LogP contribution in [-0.4, -0.2) is 74.6 Å². The van der Waals surface area contributed by atoms with Crippen molar-refractivity contribution in [3.8, 4) is 11.5 Å². The first-order chi connectivity index (χ1) is 16.2. The molecule has 1 fully saturated rings. The van der Waals surface area contributed by atoms with Gasteiger partial charge in [0, 0.05) is 51.4 Å². The molecule has 1 aliphatic rings. The van der Waals surface area contributed by atoms with Crippen LogP contribution in [0.2, 0.25) is 15.1 Å². The minimum absolute atomic E-state index is 0.113. The number of nitrogens with one attached hydrogen (secondary N) is 1. The van der Waals surface area contributed by atoms with Crippen molar-refractivity contribution in [1.29, 1.82) is 0 Å². The standard InChI is InChI=1S/C24H28Cl3N3O4/c1-29(2)23(31)15-33-22-13-16(25)3-5-19(22)24(32)28-9-12-30-10-7-17(8-11-30)34-18-4-6-20(26)21(27)14-18/h3-6,13-14,17H,7-12,15H2,1-2H3,(H,28,32). The second kappa shape index (κ2) is 12.5. The number of carbonyl (C=O) groups excluding carboxylic acids is 2. The van der Waals surface area contributed by atoms with Gasteiger partial charge in [-0.2, -0.15) is 0 Å². The maximum atomic E-state index is 12.7. The Labute approximate surface area is 214 Å². The Hall–Kier alpha value is -2.19. The summed E-state index contributed by atoms with van der Waals surface area (Å²) in [4.78, 5) is 28.2. The number of hydrogen-bond acceptors (Lipinski definition) is 5. The molecule has 0 atom stereocenters. The van der Waals surface area contributed by atoms with Crippen molar-refractivity contribution in [1.82, 2.24) is 15.1 Å². The molecule has 7 nitrogen and oxygen atoms in total. The summed E-state index contributed by atoms with van der Waals surface area (Å²) in [6, 6.07) is 10.0. The van der Waals surface area contributed by atoms with E-state index in [-0.39, 0.29) is 30.3 Å². The lowest BCUT2D eigenvalue weighted by molar-refractivity contribution is -0.130. The van der Waals surface area contributed by atoms with E-state index in [1.165, 1.54) is 11.0 Å². The van der Waals surface area contributed by atoms with E-state index in [2.05, 4.69) is 10.2 Å². The molecule has 2 aromatic rings. The summed E-state index contributed by atoms with van der Waals surface area (Å²) < 4.78 is 11.6. The molecule has 184 valence electrons. The number of nitrogens with zero attached hydrogens (tertiary/aromatic N) is 2. The van der Waals surface area contributed by atoms with Crippen molar-refractivity contribution >= 4 is 46.6 Å². The van der Waals surface area contributed by atoms with Crippen LogP contribution in [0.15, 0.2) is 36.4 Å². The van der Waals surface area contributed by atoms with Gasteiger partial charge >= 0.3 is 0 Å². The average Bonchev–Trinajstić information content (AvgIpc) is 2.81. The van der Waals surface area contributed by atoms with Gasteiger partial charge in [0.1, 0.15) is 17.6 Å². The molecule has 0 saturated carbocycles. The Morgan fingerprint density at radius 2 is 1.79 bits per heavy atom. The molecule has 0 aliphatic carbocycles. The van der Waals surface area contributed by atoms with Crippen LogP contribution in [0.25, 0.3) is 0 Å². The highest BCUT2D eigenvalue weighted by atomic mass is 35.5. The van der Waals surface area contributed by atoms with Crippen molar-refractivity contribution < 1.29 is 19.1 Å². The van der Waals surface area contributed by atoms with E-state index in [1.807, 2.05) is 6.07 Å². The number of hydrogen-bond donors (Lipinski definition) is 1. The third-order valence-electron chi connectivity index (χ3n) is 5.48. The smallest absolute Gasteiger partial charge is 0.259 e. The number of rotatable bonds is 9. The highest BCUT2D eigenvalue weighted by Crippen LogP contribution is 2.28. The molecule has 3 rings (SSSR count). The van der Waals surface area contributed by atoms with Gasteiger partial charge in [-0.25, -0.2) is 0 Å². The highest BCUT2D eigenvalue weighted by molar-refractivity contribution is 6.42. The largest absolute Gasteiger partial charge is 0.490 e. The van der Waals surface area contributed by atoms with Gasteiger partial charge in [-0.15, -0.1) is 0 Å². The summed E-state index contributed by atoms with van der Waals surface area (Å²) in [7, 11) is 3.28. The van der Waals surface area contributed by atoms with E-state index in [9.17, 15) is 9.59 Å². The molecule has 10 heteroatoms. The fourth-order valence-corrected chi connectivity index (χ4v) is 3.94. The third-order valence-corrected chi connectivity index (χ3v) is 6.45. The van der Waals surface area contributed by atoms with Crippen LogP contribution in [0.5, 0.6) is 11.5 Å². The highest BCUT2D eigenvalue weighted by Gasteiger charge is 2.21. The zero-order valence-corrected chi connectivity index (χ0v) is 21.4. The van der Waals surface area contributed by atoms with Crippen molar-refractivity contribution in [3.63, 3.8) is 0 Å². The normalized spacial score (nSPS) is 14.5. The van der Waals surface area contributed by atoms with Crippen LogP contribution in [0.4, 0.5) is 0 Å². The second-order valence-corrected chi connectivity index (χ2v) is 9.46. The first kappa shape index (κ1) is 26.4. The van der Waals surface area contributed by atoms with Crippen molar-refractivity contribution in [2.24, 2.45) is 0 Å². The monoisotopic (exact) mass is 527 g/mol. The Balaban J connectivity index is 1.44. The molecule has 0 bridgehead atoms. The van der Waals surface area contributed by atoms with E-state index in [0.29, 0.717) is 39.5 Å². The van der Waals surface area contributed by atoms with Crippen molar-refractivity contribution in [2.45, 2.75) is 18.9 Å². The fourth-order valence-electron chi connectivity index (χ4n) is 3.49. The molecule has 1 saturated heterocycles. The van der Waals surface area contributed by atoms with Crippen LogP contribution in [0.3, 0.4) is 0 Å². The van der Waals surface area contributed by atoms with E-state index in [1.54, 1.807) is 38.4 Å². The van der Waals surface area contributed by atoms with Gasteiger partial charge < -0.3 is 24.6 Å². The summed E-state index contributed by atoms with van der Waals surface area (Å²) >= 11 is 18.1. The first-order valence-corrected chi connectivity index (χ1v) is 12.1. The Morgan fingerprint density at radius 3 is 2.47 bits per heavy atom. The summed E-state index contributed by atoms with van der Waals surface area (Å²) in [5, 5.41) is 4.33. The lowest BCUT2D eigenvalue weighted by Gasteiger charge is -2.32. The molecule has 1 aliphatic heterocycles. The van der Waals surface area contributed by atoms with E-state index < -0.39 is 0 Å². The quantitative estimate of drug-likeness (QED) is 0.523. The topological polar surface area (TPSA) is 71.1 Å². The number of amides is 2. The van der Waals surface area contributed by atoms with Crippen LogP contribution < -0.4 is 14.8 Å². The molecule has 2 aromatic carbocycles. The Bertz CT molecular complexity index is 1010. The molecular formula is C24H28Cl3N3O4. The molecule has 2 amide bonds. The number of benzene rings is 2. The number of halogens is 3. The van der Waals surface area contributed by atoms with Crippen molar-refractivity contribution in [2.75, 3.05) is 46.9 Å². The van der Waals surface area contributed by atoms with Gasteiger partial charge in [-0.05, 0) is 43.2 Å². The van der Waals surface area contributed by atoms with Crippen LogP contribution in [-0.2, 0) is 4.79 Å². The third kappa shape index (κ3) is 7.67. The minimum Gasteiger partial charge on any atom is -0.490 e. The van der Waals surface area contributed by atoms with Gasteiger partial charge in [-0.3, -0.25) is 9.59 Å². The lowest BCUT2D eigenvalue weighted by Crippen LogP contribution is -2.42. The molecule has 0 aromatic heterocycles. The Morgan fingerprint density at radius 1 is 1.06 bits per heavy atom. The predicted octanol–water partition coefficient (Wildman–Crippen LogP) is 4.39. The van der Waals surface area contributed by atoms with E-state index >= 15 is 0 Å². The van der Waals surface area contributed by atoms with Crippen molar-refractivity contribution in [3.05, 3.63) is 57.0 Å². The van der Waals surface area contributed by atoms with Gasteiger partial charge in [-0.1, -0.05) is 34.8 Å². The van der Waals surface area contributed by atoms with Crippen LogP contribution >= 0.6 is 34.8 Å². The molecular weight excluding hydrogens is 501 g/mol. The molecule has 0 unspecified atom stereocenters. The summed E-state index contributed by atoms with van der Waals surface area (Å²) in [6.07, 6.45) is 1.87. The zero-order valence-electron chi connectivity index (χ0n) is 19.2. The Kier molecular flexibility index (Phi) is 9.71. The SMILES string of the molecule is CN(C)C(=O)COc1cc(Cl)ccc1C(=O)NCCN1CCC(Oc2ccc(Cl)c(Cl)c2)CC1. The number of likely N-dealkylation sites (tertiary alicyclic amines) is 1. The molecule has 34 heavy (non-hydrogen) atoms. The van der Waals surface area contributed by atoms with Gasteiger partial charge in [0.05, 0.1) is 15.6 Å². The van der Waals surface area contributed by atoms with Gasteiger partial charge in [0.2, 0.25) is 0 Å². The number of piperidine rings is 1. The minimum atomic E-state index is -0.276. The van der Waals surface area contributed by atoms with E-state index in [4.69, 9.17) is 44.3 Å². The maximum absolute atomic E-state index is 12.7. The average molecular weight is 529 g/mol. The van der Waals surface area contributed by atoms with E-state index in [0.717, 1.165) is 25.9 Å².